The van der Waals surface area contributed by atoms with E-state index < -0.39 is 20.6 Å². The van der Waals surface area contributed by atoms with E-state index in [9.17, 15) is 13.2 Å². The molecule has 0 saturated heterocycles. The second-order valence-corrected chi connectivity index (χ2v) is 6.50. The van der Waals surface area contributed by atoms with Gasteiger partial charge in [-0.05, 0) is 28.3 Å². The zero-order valence-corrected chi connectivity index (χ0v) is 12.1. The summed E-state index contributed by atoms with van der Waals surface area (Å²) in [7, 11) is 1.21. The molecule has 0 bridgehead atoms. The highest BCUT2D eigenvalue weighted by Gasteiger charge is 2.42. The molecule has 0 N–H and O–H groups in total. The molecule has 0 radical (unpaired) electrons. The lowest BCUT2D eigenvalue weighted by Crippen LogP contribution is -2.38. The predicted octanol–water partition coefficient (Wildman–Crippen LogP) is 3.07. The Bertz CT molecular complexity index is 885. The van der Waals surface area contributed by atoms with Crippen LogP contribution in [0.25, 0.3) is 27.0 Å². The van der Waals surface area contributed by atoms with Crippen LogP contribution in [-0.4, -0.2) is 19.9 Å². The summed E-state index contributed by atoms with van der Waals surface area (Å²) in [4.78, 5) is 21.6. The third-order valence-corrected chi connectivity index (χ3v) is 4.16. The summed E-state index contributed by atoms with van der Waals surface area (Å²) in [6.45, 7) is 0. The van der Waals surface area contributed by atoms with Crippen LogP contribution in [0.2, 0.25) is 0 Å². The SMILES string of the molecule is [N-]=[N+]=NOC1(N=[N+]=[N-])C=Cc2c(cccc2S(=O)(=O)Cl)C1=O. The Morgan fingerprint density at radius 3 is 2.59 bits per heavy atom. The molecule has 2 rings (SSSR count). The molecule has 1 aromatic carbocycles. The van der Waals surface area contributed by atoms with Gasteiger partial charge in [0.25, 0.3) is 14.8 Å². The van der Waals surface area contributed by atoms with Crippen LogP contribution >= 0.6 is 10.7 Å². The molecule has 0 aliphatic heterocycles. The van der Waals surface area contributed by atoms with Crippen LogP contribution in [0, 0.1) is 0 Å². The number of rotatable bonds is 4. The van der Waals surface area contributed by atoms with Gasteiger partial charge in [0.1, 0.15) is 5.28 Å². The fourth-order valence-corrected chi connectivity index (χ4v) is 2.99. The molecular weight excluding hydrogens is 336 g/mol. The van der Waals surface area contributed by atoms with Crippen molar-refractivity contribution in [1.82, 2.24) is 0 Å². The molecule has 0 fully saturated rings. The minimum atomic E-state index is -4.09. The molecule has 1 atom stereocenters. The van der Waals surface area contributed by atoms with Crippen LogP contribution in [0.15, 0.2) is 39.6 Å². The number of Topliss-reactive ketones (excluding diaryl/α,β-unsaturated/α-hetero) is 1. The fraction of sp³-hybridized carbons (Fsp3) is 0.100. The summed E-state index contributed by atoms with van der Waals surface area (Å²) >= 11 is 0. The van der Waals surface area contributed by atoms with Crippen molar-refractivity contribution in [3.63, 3.8) is 0 Å². The molecule has 0 aromatic heterocycles. The summed E-state index contributed by atoms with van der Waals surface area (Å²) in [5.41, 5.74) is 14.5. The van der Waals surface area contributed by atoms with Crippen LogP contribution in [0.4, 0.5) is 0 Å². The van der Waals surface area contributed by atoms with Gasteiger partial charge in [-0.25, -0.2) is 8.42 Å². The summed E-state index contributed by atoms with van der Waals surface area (Å²) in [6, 6.07) is 3.81. The monoisotopic (exact) mass is 340 g/mol. The van der Waals surface area contributed by atoms with Crippen LogP contribution < -0.4 is 0 Å². The normalized spacial score (nSPS) is 19.6. The molecular formula is C10H5ClN6O4S. The second-order valence-electron chi connectivity index (χ2n) is 3.97. The molecule has 10 nitrogen and oxygen atoms in total. The zero-order valence-electron chi connectivity index (χ0n) is 10.5. The van der Waals surface area contributed by atoms with Gasteiger partial charge < -0.3 is 4.84 Å². The maximum Gasteiger partial charge on any atom is 0.277 e. The number of fused-ring (bicyclic) bond motifs is 1. The van der Waals surface area contributed by atoms with E-state index in [2.05, 4.69) is 25.1 Å². The van der Waals surface area contributed by atoms with Gasteiger partial charge in [-0.3, -0.25) is 4.79 Å². The van der Waals surface area contributed by atoms with E-state index in [0.717, 1.165) is 6.08 Å². The van der Waals surface area contributed by atoms with E-state index >= 15 is 0 Å². The standard InChI is InChI=1S/C10H5ClN6O4S/c11-22(19,20)8-3-1-2-7-6(8)4-5-10(9(7)18,14-15-12)21-17-16-13/h1-5H. The van der Waals surface area contributed by atoms with Gasteiger partial charge in [-0.1, -0.05) is 18.2 Å². The Kier molecular flexibility index (Phi) is 3.98. The first-order valence-electron chi connectivity index (χ1n) is 5.46. The van der Waals surface area contributed by atoms with Gasteiger partial charge in [-0.15, -0.1) is 0 Å². The minimum Gasteiger partial charge on any atom is -0.408 e. The Morgan fingerprint density at radius 1 is 1.27 bits per heavy atom. The molecule has 1 aliphatic carbocycles. The van der Waals surface area contributed by atoms with Gasteiger partial charge in [0.15, 0.2) is 0 Å². The number of azide groups is 2. The number of nitrogens with zero attached hydrogens (tertiary/aromatic N) is 6. The van der Waals surface area contributed by atoms with E-state index in [0.29, 0.717) is 0 Å². The molecule has 1 aliphatic rings. The fourth-order valence-electron chi connectivity index (χ4n) is 1.91. The molecule has 22 heavy (non-hydrogen) atoms. The van der Waals surface area contributed by atoms with E-state index in [-0.39, 0.29) is 16.0 Å². The molecule has 12 heteroatoms. The molecule has 0 spiro atoms. The lowest BCUT2D eigenvalue weighted by molar-refractivity contribution is 0.00512. The Hall–Kier alpha value is -2.71. The van der Waals surface area contributed by atoms with Crippen molar-refractivity contribution in [2.45, 2.75) is 10.6 Å². The molecule has 1 unspecified atom stereocenters. The number of hydrogen-bond donors (Lipinski definition) is 0. The van der Waals surface area contributed by atoms with Crippen LogP contribution in [0.5, 0.6) is 0 Å². The number of carbonyl (C=O) groups excluding carboxylic acids is 1. The van der Waals surface area contributed by atoms with Crippen LogP contribution in [0.3, 0.4) is 0 Å². The van der Waals surface area contributed by atoms with Crippen molar-refractivity contribution in [3.05, 3.63) is 56.3 Å². The highest BCUT2D eigenvalue weighted by Crippen LogP contribution is 2.34. The number of halogens is 1. The van der Waals surface area contributed by atoms with Gasteiger partial charge >= 0.3 is 0 Å². The first-order valence-corrected chi connectivity index (χ1v) is 7.77. The Balaban J connectivity index is 2.71. The summed E-state index contributed by atoms with van der Waals surface area (Å²) in [6.07, 6.45) is 2.17. The smallest absolute Gasteiger partial charge is 0.277 e. The molecule has 0 amide bonds. The first kappa shape index (κ1) is 15.7. The predicted molar refractivity (Wildman–Crippen MR) is 75.0 cm³/mol. The lowest BCUT2D eigenvalue weighted by atomic mass is 9.90. The van der Waals surface area contributed by atoms with Crippen molar-refractivity contribution in [2.75, 3.05) is 0 Å². The van der Waals surface area contributed by atoms with Gasteiger partial charge in [0.05, 0.1) is 4.90 Å². The number of hydrogen-bond acceptors (Lipinski definition) is 6. The van der Waals surface area contributed by atoms with Gasteiger partial charge in [0, 0.05) is 31.6 Å². The molecule has 0 saturated carbocycles. The maximum absolute atomic E-state index is 12.5. The van der Waals surface area contributed by atoms with E-state index in [1.807, 2.05) is 0 Å². The zero-order chi connectivity index (χ0) is 16.4. The Morgan fingerprint density at radius 2 is 2.00 bits per heavy atom. The third-order valence-electron chi connectivity index (χ3n) is 2.78. The highest BCUT2D eigenvalue weighted by molar-refractivity contribution is 8.13. The molecule has 0 heterocycles. The number of benzene rings is 1. The summed E-state index contributed by atoms with van der Waals surface area (Å²) in [5.74, 6) is -0.891. The summed E-state index contributed by atoms with van der Waals surface area (Å²) < 4.78 is 23.0. The highest BCUT2D eigenvalue weighted by atomic mass is 35.7. The van der Waals surface area contributed by atoms with Crippen LogP contribution in [-0.2, 0) is 13.9 Å². The number of ketones is 1. The van der Waals surface area contributed by atoms with Gasteiger partial charge in [-0.2, -0.15) is 0 Å². The minimum absolute atomic E-state index is 0.0239. The van der Waals surface area contributed by atoms with Crippen molar-refractivity contribution in [1.29, 1.82) is 0 Å². The maximum atomic E-state index is 12.5. The molecule has 112 valence electrons. The number of carbonyl (C=O) groups is 1. The van der Waals surface area contributed by atoms with E-state index in [1.54, 1.807) is 0 Å². The topological polar surface area (TPSA) is 158 Å². The Labute approximate surface area is 127 Å². The van der Waals surface area contributed by atoms with Crippen molar-refractivity contribution in [2.24, 2.45) is 10.4 Å². The van der Waals surface area contributed by atoms with Crippen molar-refractivity contribution < 1.29 is 18.0 Å². The van der Waals surface area contributed by atoms with Crippen molar-refractivity contribution >= 4 is 31.6 Å². The van der Waals surface area contributed by atoms with Crippen molar-refractivity contribution in [3.8, 4) is 0 Å². The summed E-state index contributed by atoms with van der Waals surface area (Å²) in [5, 5.41) is 5.98. The van der Waals surface area contributed by atoms with E-state index in [4.69, 9.17) is 21.7 Å². The quantitative estimate of drug-likeness (QED) is 0.271. The third kappa shape index (κ3) is 2.57. The lowest BCUT2D eigenvalue weighted by Gasteiger charge is -2.26. The average Bonchev–Trinajstić information content (AvgIpc) is 2.47. The first-order chi connectivity index (χ1) is 10.4. The van der Waals surface area contributed by atoms with Crippen LogP contribution in [0.1, 0.15) is 15.9 Å². The van der Waals surface area contributed by atoms with E-state index in [1.165, 1.54) is 24.3 Å². The second kappa shape index (κ2) is 5.58. The largest absolute Gasteiger partial charge is 0.408 e. The average molecular weight is 341 g/mol. The van der Waals surface area contributed by atoms with Gasteiger partial charge in [0.2, 0.25) is 5.78 Å². The molecule has 1 aromatic rings.